The zero-order chi connectivity index (χ0) is 11.4. The first-order valence-electron chi connectivity index (χ1n) is 5.89. The molecule has 0 saturated carbocycles. The first-order valence-corrected chi connectivity index (χ1v) is 5.89. The maximum atomic E-state index is 11.8. The lowest BCUT2D eigenvalue weighted by Crippen LogP contribution is -2.24. The summed E-state index contributed by atoms with van der Waals surface area (Å²) in [5, 5.41) is 0. The molecule has 0 fully saturated rings. The minimum atomic E-state index is 0.141. The van der Waals surface area contributed by atoms with E-state index in [0.29, 0.717) is 11.8 Å². The van der Waals surface area contributed by atoms with Crippen LogP contribution >= 0.6 is 0 Å². The Bertz CT molecular complexity index is 284. The van der Waals surface area contributed by atoms with Crippen molar-refractivity contribution < 1.29 is 4.79 Å². The second kappa shape index (κ2) is 5.29. The monoisotopic (exact) mass is 206 g/mol. The van der Waals surface area contributed by atoms with Crippen molar-refractivity contribution in [1.82, 2.24) is 0 Å². The van der Waals surface area contributed by atoms with Crippen molar-refractivity contribution in [3.8, 4) is 0 Å². The molecule has 0 spiro atoms. The summed E-state index contributed by atoms with van der Waals surface area (Å²) in [7, 11) is 0. The number of hydrogen-bond donors (Lipinski definition) is 0. The third-order valence-corrected chi connectivity index (χ3v) is 3.45. The highest BCUT2D eigenvalue weighted by molar-refractivity contribution is 5.93. The molecular formula is C14H22O. The summed E-state index contributed by atoms with van der Waals surface area (Å²) in [6.45, 7) is 8.48. The van der Waals surface area contributed by atoms with Gasteiger partial charge in [-0.05, 0) is 44.6 Å². The van der Waals surface area contributed by atoms with Crippen LogP contribution in [0.25, 0.3) is 0 Å². The van der Waals surface area contributed by atoms with Crippen LogP contribution in [0.2, 0.25) is 0 Å². The Morgan fingerprint density at radius 1 is 1.53 bits per heavy atom. The van der Waals surface area contributed by atoms with E-state index in [-0.39, 0.29) is 11.7 Å². The average molecular weight is 206 g/mol. The van der Waals surface area contributed by atoms with Gasteiger partial charge < -0.3 is 0 Å². The van der Waals surface area contributed by atoms with Crippen molar-refractivity contribution in [3.05, 3.63) is 23.8 Å². The molecule has 1 aliphatic rings. The van der Waals surface area contributed by atoms with E-state index in [0.717, 1.165) is 12.8 Å². The van der Waals surface area contributed by atoms with Gasteiger partial charge in [0.2, 0.25) is 0 Å². The zero-order valence-corrected chi connectivity index (χ0v) is 10.3. The molecule has 1 nitrogen and oxygen atoms in total. The van der Waals surface area contributed by atoms with Crippen LogP contribution in [0.15, 0.2) is 23.8 Å². The normalized spacial score (nSPS) is 27.1. The Morgan fingerprint density at radius 2 is 2.20 bits per heavy atom. The highest BCUT2D eigenvalue weighted by atomic mass is 16.1. The molecule has 0 radical (unpaired) electrons. The number of carbonyl (C=O) groups excluding carboxylic acids is 1. The molecule has 0 N–H and O–H groups in total. The van der Waals surface area contributed by atoms with Gasteiger partial charge in [0, 0.05) is 5.92 Å². The second-order valence-electron chi connectivity index (χ2n) is 4.88. The van der Waals surface area contributed by atoms with Crippen LogP contribution < -0.4 is 0 Å². The molecule has 0 aromatic rings. The van der Waals surface area contributed by atoms with Gasteiger partial charge in [-0.15, -0.1) is 0 Å². The van der Waals surface area contributed by atoms with Crippen LogP contribution in [-0.2, 0) is 4.79 Å². The molecule has 0 saturated heterocycles. The van der Waals surface area contributed by atoms with Crippen LogP contribution in [0.5, 0.6) is 0 Å². The van der Waals surface area contributed by atoms with E-state index in [4.69, 9.17) is 0 Å². The molecule has 0 unspecified atom stereocenters. The number of allylic oxidation sites excluding steroid dienone is 4. The summed E-state index contributed by atoms with van der Waals surface area (Å²) in [6.07, 6.45) is 7.98. The highest BCUT2D eigenvalue weighted by Crippen LogP contribution is 2.33. The van der Waals surface area contributed by atoms with Crippen molar-refractivity contribution in [2.24, 2.45) is 17.8 Å². The predicted octanol–water partition coefficient (Wildman–Crippen LogP) is 3.76. The lowest BCUT2D eigenvalue weighted by Gasteiger charge is -2.29. The maximum Gasteiger partial charge on any atom is 0.162 e. The topological polar surface area (TPSA) is 17.1 Å². The van der Waals surface area contributed by atoms with Gasteiger partial charge in [0.25, 0.3) is 0 Å². The van der Waals surface area contributed by atoms with Crippen molar-refractivity contribution >= 4 is 5.78 Å². The van der Waals surface area contributed by atoms with Crippen LogP contribution in [-0.4, -0.2) is 5.78 Å². The first kappa shape index (κ1) is 12.2. The number of ketones is 1. The molecule has 0 bridgehead atoms. The van der Waals surface area contributed by atoms with Crippen molar-refractivity contribution in [2.75, 3.05) is 0 Å². The van der Waals surface area contributed by atoms with Crippen LogP contribution in [0, 0.1) is 17.8 Å². The molecule has 84 valence electrons. The first-order chi connectivity index (χ1) is 7.06. The molecule has 1 rings (SSSR count). The van der Waals surface area contributed by atoms with Gasteiger partial charge in [0.1, 0.15) is 0 Å². The fourth-order valence-electron chi connectivity index (χ4n) is 2.23. The zero-order valence-electron chi connectivity index (χ0n) is 10.3. The van der Waals surface area contributed by atoms with Crippen molar-refractivity contribution in [1.29, 1.82) is 0 Å². The quantitative estimate of drug-likeness (QED) is 0.507. The van der Waals surface area contributed by atoms with Gasteiger partial charge in [-0.2, -0.15) is 0 Å². The van der Waals surface area contributed by atoms with Crippen molar-refractivity contribution in [3.63, 3.8) is 0 Å². The fourth-order valence-corrected chi connectivity index (χ4v) is 2.23. The Balaban J connectivity index is 2.76. The van der Waals surface area contributed by atoms with Gasteiger partial charge in [0.05, 0.1) is 0 Å². The molecule has 0 aromatic carbocycles. The maximum absolute atomic E-state index is 11.8. The SMILES string of the molecule is C/C=C/C(=O)[C@H]1C[C@H](C(C)C)CC=C1C. The molecule has 0 aliphatic heterocycles. The Kier molecular flexibility index (Phi) is 4.31. The summed E-state index contributed by atoms with van der Waals surface area (Å²) in [5.41, 5.74) is 1.26. The third kappa shape index (κ3) is 3.05. The summed E-state index contributed by atoms with van der Waals surface area (Å²) < 4.78 is 0. The summed E-state index contributed by atoms with van der Waals surface area (Å²) in [6, 6.07) is 0. The van der Waals surface area contributed by atoms with Crippen LogP contribution in [0.3, 0.4) is 0 Å². The predicted molar refractivity (Wildman–Crippen MR) is 64.6 cm³/mol. The van der Waals surface area contributed by atoms with E-state index in [2.05, 4.69) is 26.8 Å². The summed E-state index contributed by atoms with van der Waals surface area (Å²) in [5.74, 6) is 1.77. The molecule has 0 aromatic heterocycles. The van der Waals surface area contributed by atoms with E-state index in [9.17, 15) is 4.79 Å². The summed E-state index contributed by atoms with van der Waals surface area (Å²) in [4.78, 5) is 11.8. The smallest absolute Gasteiger partial charge is 0.162 e. The molecule has 0 amide bonds. The van der Waals surface area contributed by atoms with E-state index in [1.807, 2.05) is 13.0 Å². The largest absolute Gasteiger partial charge is 0.294 e. The van der Waals surface area contributed by atoms with Crippen LogP contribution in [0.1, 0.15) is 40.5 Å². The van der Waals surface area contributed by atoms with Gasteiger partial charge >= 0.3 is 0 Å². The van der Waals surface area contributed by atoms with Gasteiger partial charge in [-0.3, -0.25) is 4.79 Å². The Labute approximate surface area is 93.3 Å². The molecule has 1 heteroatoms. The number of hydrogen-bond acceptors (Lipinski definition) is 1. The van der Waals surface area contributed by atoms with E-state index in [1.54, 1.807) is 6.08 Å². The number of carbonyl (C=O) groups is 1. The third-order valence-electron chi connectivity index (χ3n) is 3.45. The highest BCUT2D eigenvalue weighted by Gasteiger charge is 2.27. The number of rotatable bonds is 3. The molecular weight excluding hydrogens is 184 g/mol. The molecule has 2 atom stereocenters. The van der Waals surface area contributed by atoms with Gasteiger partial charge in [0.15, 0.2) is 5.78 Å². The van der Waals surface area contributed by atoms with Gasteiger partial charge in [-0.25, -0.2) is 0 Å². The molecule has 1 aliphatic carbocycles. The molecule has 0 heterocycles. The minimum absolute atomic E-state index is 0.141. The minimum Gasteiger partial charge on any atom is -0.294 e. The lowest BCUT2D eigenvalue weighted by molar-refractivity contribution is -0.117. The Morgan fingerprint density at radius 3 is 2.73 bits per heavy atom. The van der Waals surface area contributed by atoms with Crippen LogP contribution in [0.4, 0.5) is 0 Å². The second-order valence-corrected chi connectivity index (χ2v) is 4.88. The fraction of sp³-hybridized carbons (Fsp3) is 0.643. The summed E-state index contributed by atoms with van der Waals surface area (Å²) >= 11 is 0. The van der Waals surface area contributed by atoms with Crippen molar-refractivity contribution in [2.45, 2.75) is 40.5 Å². The average Bonchev–Trinajstić information content (AvgIpc) is 2.18. The molecule has 15 heavy (non-hydrogen) atoms. The van der Waals surface area contributed by atoms with E-state index >= 15 is 0 Å². The lowest BCUT2D eigenvalue weighted by atomic mass is 9.75. The Hall–Kier alpha value is -0.850. The van der Waals surface area contributed by atoms with E-state index in [1.165, 1.54) is 5.57 Å². The van der Waals surface area contributed by atoms with E-state index < -0.39 is 0 Å². The van der Waals surface area contributed by atoms with Gasteiger partial charge in [-0.1, -0.05) is 31.6 Å². The standard InChI is InChI=1S/C14H22O/c1-5-6-14(15)13-9-12(10(2)3)8-7-11(13)4/h5-7,10,12-13H,8-9H2,1-4H3/b6-5+/t12-,13+/m1/s1.